The molecule has 0 radical (unpaired) electrons. The number of hydrogen-bond acceptors (Lipinski definition) is 3. The average molecular weight is 529 g/mol. The zero-order valence-corrected chi connectivity index (χ0v) is 17.9. The normalized spacial score (nSPS) is 11.8. The summed E-state index contributed by atoms with van der Waals surface area (Å²) in [6.45, 7) is 0. The summed E-state index contributed by atoms with van der Waals surface area (Å²) < 4.78 is 8.09. The molecule has 0 N–H and O–H groups in total. The third-order valence-electron chi connectivity index (χ3n) is 3.91. The quantitative estimate of drug-likeness (QED) is 0.206. The van der Waals surface area contributed by atoms with E-state index in [-0.39, 0.29) is 0 Å². The lowest BCUT2D eigenvalue weighted by atomic mass is 10.2. The van der Waals surface area contributed by atoms with Gasteiger partial charge in [0.15, 0.2) is 5.58 Å². The average Bonchev–Trinajstić information content (AvgIpc) is 3.10. The zero-order valence-electron chi connectivity index (χ0n) is 14.1. The fourth-order valence-corrected chi connectivity index (χ4v) is 3.41. The van der Waals surface area contributed by atoms with Gasteiger partial charge >= 0.3 is 0 Å². The number of aromatic nitrogens is 1. The topological polar surface area (TPSA) is 38.4 Å². The molecule has 0 saturated carbocycles. The summed E-state index contributed by atoms with van der Waals surface area (Å²) in [7, 11) is 0. The van der Waals surface area contributed by atoms with Crippen LogP contribution in [0.2, 0.25) is 0 Å². The first-order chi connectivity index (χ1) is 13.2. The monoisotopic (exact) mass is 528 g/mol. The van der Waals surface area contributed by atoms with Crippen molar-refractivity contribution in [3.8, 4) is 11.5 Å². The second kappa shape index (κ2) is 8.19. The summed E-state index contributed by atoms with van der Waals surface area (Å²) in [5.74, 6) is 0.625. The molecule has 0 amide bonds. The van der Waals surface area contributed by atoms with Crippen molar-refractivity contribution in [2.45, 2.75) is 0 Å². The minimum Gasteiger partial charge on any atom is -0.436 e. The van der Waals surface area contributed by atoms with Gasteiger partial charge in [-0.25, -0.2) is 4.98 Å². The number of rotatable bonds is 4. The van der Waals surface area contributed by atoms with Crippen molar-refractivity contribution in [3.63, 3.8) is 0 Å². The van der Waals surface area contributed by atoms with Gasteiger partial charge in [-0.15, -0.1) is 0 Å². The Hall–Kier alpha value is -2.25. The summed E-state index contributed by atoms with van der Waals surface area (Å²) in [4.78, 5) is 9.08. The second-order valence-corrected chi connectivity index (χ2v) is 8.03. The molecule has 0 fully saturated rings. The van der Waals surface area contributed by atoms with Crippen LogP contribution in [-0.2, 0) is 0 Å². The molecule has 4 aromatic rings. The molecule has 0 aliphatic heterocycles. The maximum Gasteiger partial charge on any atom is 0.227 e. The van der Waals surface area contributed by atoms with E-state index in [0.717, 1.165) is 36.0 Å². The molecule has 5 heteroatoms. The number of fused-ring (bicyclic) bond motifs is 1. The number of nitrogens with zero attached hydrogens (tertiary/aromatic N) is 2. The van der Waals surface area contributed by atoms with Crippen LogP contribution in [0.15, 0.2) is 86.7 Å². The Kier molecular flexibility index (Phi) is 5.50. The molecule has 27 heavy (non-hydrogen) atoms. The molecule has 0 unspecified atom stereocenters. The van der Waals surface area contributed by atoms with Crippen LogP contribution in [-0.4, -0.2) is 11.2 Å². The molecular weight excluding hydrogens is 515 g/mol. The molecule has 0 atom stereocenters. The summed E-state index contributed by atoms with van der Waals surface area (Å²) in [6, 6.07) is 22.0. The van der Waals surface area contributed by atoms with Crippen LogP contribution in [0.25, 0.3) is 28.6 Å². The van der Waals surface area contributed by atoms with E-state index in [1.54, 1.807) is 6.21 Å². The van der Waals surface area contributed by atoms with Gasteiger partial charge in [0.05, 0.1) is 5.69 Å². The van der Waals surface area contributed by atoms with Crippen LogP contribution in [0.1, 0.15) is 5.56 Å². The van der Waals surface area contributed by atoms with Gasteiger partial charge in [0, 0.05) is 19.8 Å². The molecule has 0 spiro atoms. The fraction of sp³-hybridized carbons (Fsp3) is 0. The Balaban J connectivity index is 1.53. The molecule has 0 aliphatic carbocycles. The van der Waals surface area contributed by atoms with E-state index in [1.165, 1.54) is 0 Å². The van der Waals surface area contributed by atoms with Gasteiger partial charge in [-0.3, -0.25) is 4.99 Å². The Morgan fingerprint density at radius 2 is 1.85 bits per heavy atom. The molecule has 1 aromatic heterocycles. The lowest BCUT2D eigenvalue weighted by Gasteiger charge is -1.94. The van der Waals surface area contributed by atoms with Gasteiger partial charge in [0.1, 0.15) is 5.52 Å². The Labute approximate surface area is 179 Å². The highest BCUT2D eigenvalue weighted by atomic mass is 127. The van der Waals surface area contributed by atoms with E-state index < -0.39 is 0 Å². The summed E-state index contributed by atoms with van der Waals surface area (Å²) in [5, 5.41) is 0. The van der Waals surface area contributed by atoms with Crippen molar-refractivity contribution in [3.05, 3.63) is 86.4 Å². The van der Waals surface area contributed by atoms with Gasteiger partial charge in [-0.2, -0.15) is 0 Å². The molecule has 3 nitrogen and oxygen atoms in total. The number of benzene rings is 3. The molecule has 0 bridgehead atoms. The molecule has 132 valence electrons. The summed E-state index contributed by atoms with van der Waals surface area (Å²) in [6.07, 6.45) is 5.72. The highest BCUT2D eigenvalue weighted by Crippen LogP contribution is 2.27. The van der Waals surface area contributed by atoms with Crippen LogP contribution in [0.5, 0.6) is 0 Å². The van der Waals surface area contributed by atoms with Crippen molar-refractivity contribution in [2.75, 3.05) is 0 Å². The predicted octanol–water partition coefficient (Wildman–Crippen LogP) is 7.28. The Morgan fingerprint density at radius 3 is 2.67 bits per heavy atom. The van der Waals surface area contributed by atoms with Crippen LogP contribution < -0.4 is 0 Å². The number of aliphatic imine (C=N–C) groups is 1. The van der Waals surface area contributed by atoms with E-state index >= 15 is 0 Å². The first kappa shape index (κ1) is 18.1. The number of halogens is 2. The van der Waals surface area contributed by atoms with Crippen LogP contribution in [0.3, 0.4) is 0 Å². The lowest BCUT2D eigenvalue weighted by Crippen LogP contribution is -1.78. The number of hydrogen-bond donors (Lipinski definition) is 0. The third-order valence-corrected chi connectivity index (χ3v) is 5.11. The standard InChI is InChI=1S/C22H14BrIN2O/c23-17-8-6-15(7-9-17)3-2-12-25-19-10-11-21-20(14-19)26-22(27-21)16-4-1-5-18(24)13-16/h1-14H. The maximum absolute atomic E-state index is 5.87. The van der Waals surface area contributed by atoms with E-state index in [2.05, 4.69) is 54.6 Å². The lowest BCUT2D eigenvalue weighted by molar-refractivity contribution is 0.620. The highest BCUT2D eigenvalue weighted by Gasteiger charge is 2.08. The highest BCUT2D eigenvalue weighted by molar-refractivity contribution is 14.1. The van der Waals surface area contributed by atoms with Gasteiger partial charge in [-0.05, 0) is 82.8 Å². The van der Waals surface area contributed by atoms with Gasteiger partial charge in [0.25, 0.3) is 0 Å². The van der Waals surface area contributed by atoms with Crippen molar-refractivity contribution >= 4 is 67.6 Å². The summed E-state index contributed by atoms with van der Waals surface area (Å²) >= 11 is 5.72. The van der Waals surface area contributed by atoms with Crippen LogP contribution in [0.4, 0.5) is 5.69 Å². The van der Waals surface area contributed by atoms with Crippen LogP contribution in [0, 0.1) is 3.57 Å². The van der Waals surface area contributed by atoms with Crippen molar-refractivity contribution < 1.29 is 4.42 Å². The molecule has 3 aromatic carbocycles. The van der Waals surface area contributed by atoms with E-state index in [1.807, 2.05) is 72.8 Å². The van der Waals surface area contributed by atoms with Crippen molar-refractivity contribution in [1.82, 2.24) is 4.98 Å². The van der Waals surface area contributed by atoms with Crippen molar-refractivity contribution in [2.24, 2.45) is 4.99 Å². The SMILES string of the molecule is Brc1ccc(C=CC=Nc2ccc3oc(-c4cccc(I)c4)nc3c2)cc1. The first-order valence-electron chi connectivity index (χ1n) is 8.30. The smallest absolute Gasteiger partial charge is 0.227 e. The van der Waals surface area contributed by atoms with Crippen LogP contribution >= 0.6 is 38.5 Å². The summed E-state index contributed by atoms with van der Waals surface area (Å²) in [5.41, 5.74) is 4.49. The van der Waals surface area contributed by atoms with Crippen molar-refractivity contribution in [1.29, 1.82) is 0 Å². The predicted molar refractivity (Wildman–Crippen MR) is 123 cm³/mol. The Bertz CT molecular complexity index is 1150. The third kappa shape index (κ3) is 4.54. The molecular formula is C22H14BrIN2O. The second-order valence-electron chi connectivity index (χ2n) is 5.87. The zero-order chi connectivity index (χ0) is 18.6. The van der Waals surface area contributed by atoms with E-state index in [0.29, 0.717) is 5.89 Å². The Morgan fingerprint density at radius 1 is 1.00 bits per heavy atom. The minimum atomic E-state index is 0.625. The van der Waals surface area contributed by atoms with E-state index in [9.17, 15) is 0 Å². The maximum atomic E-state index is 5.87. The van der Waals surface area contributed by atoms with Gasteiger partial charge in [0.2, 0.25) is 5.89 Å². The van der Waals surface area contributed by atoms with Gasteiger partial charge in [-0.1, -0.05) is 40.2 Å². The fourth-order valence-electron chi connectivity index (χ4n) is 2.60. The molecule has 1 heterocycles. The number of allylic oxidation sites excluding steroid dienone is 1. The van der Waals surface area contributed by atoms with E-state index in [4.69, 9.17) is 4.42 Å². The molecule has 0 aliphatic rings. The number of oxazole rings is 1. The van der Waals surface area contributed by atoms with Gasteiger partial charge < -0.3 is 4.42 Å². The molecule has 4 rings (SSSR count). The minimum absolute atomic E-state index is 0.625. The largest absolute Gasteiger partial charge is 0.436 e. The first-order valence-corrected chi connectivity index (χ1v) is 10.2. The molecule has 0 saturated heterocycles.